The predicted octanol–water partition coefficient (Wildman–Crippen LogP) is 0.407. The maximum absolute atomic E-state index is 12.5. The molecular weight excluding hydrogens is 336 g/mol. The maximum Gasteiger partial charge on any atom is 0.276 e. The van der Waals surface area contributed by atoms with E-state index >= 15 is 0 Å². The van der Waals surface area contributed by atoms with Gasteiger partial charge in [0.1, 0.15) is 5.65 Å². The first-order valence-electron chi connectivity index (χ1n) is 8.28. The maximum atomic E-state index is 12.5. The third-order valence-corrected chi connectivity index (χ3v) is 4.28. The van der Waals surface area contributed by atoms with E-state index in [2.05, 4.69) is 15.4 Å². The van der Waals surface area contributed by atoms with Crippen LogP contribution in [-0.2, 0) is 11.2 Å². The van der Waals surface area contributed by atoms with Crippen LogP contribution in [0.1, 0.15) is 29.3 Å². The van der Waals surface area contributed by atoms with Crippen LogP contribution in [0.15, 0.2) is 46.0 Å². The molecule has 2 aromatic heterocycles. The van der Waals surface area contributed by atoms with Gasteiger partial charge in [0, 0.05) is 23.7 Å². The minimum Gasteiger partial charge on any atom is -0.394 e. The van der Waals surface area contributed by atoms with E-state index in [0.717, 1.165) is 10.1 Å². The molecule has 0 aliphatic rings. The molecule has 3 aromatic rings. The quantitative estimate of drug-likeness (QED) is 0.511. The monoisotopic (exact) mass is 356 g/mol. The Morgan fingerprint density at radius 2 is 2.00 bits per heavy atom. The molecule has 0 aliphatic carbocycles. The number of hydrogen-bond acceptors (Lipinski definition) is 4. The van der Waals surface area contributed by atoms with E-state index < -0.39 is 6.04 Å². The molecule has 2 heterocycles. The number of amides is 1. The summed E-state index contributed by atoms with van der Waals surface area (Å²) in [5, 5.41) is 14.7. The molecular formula is C18H20N4O4. The zero-order chi connectivity index (χ0) is 18.7. The Hall–Kier alpha value is -3.13. The van der Waals surface area contributed by atoms with Crippen molar-refractivity contribution in [1.29, 1.82) is 0 Å². The number of aromatic nitrogens is 3. The minimum atomic E-state index is -0.494. The van der Waals surface area contributed by atoms with Crippen molar-refractivity contribution in [3.63, 3.8) is 0 Å². The summed E-state index contributed by atoms with van der Waals surface area (Å²) in [5.41, 5.74) is 1.51. The minimum absolute atomic E-state index is 0.0876. The first kappa shape index (κ1) is 17.7. The predicted molar refractivity (Wildman–Crippen MR) is 96.1 cm³/mol. The van der Waals surface area contributed by atoms with Gasteiger partial charge in [-0.3, -0.25) is 19.5 Å². The molecule has 1 amide bonds. The Bertz CT molecular complexity index is 1030. The third-order valence-electron chi connectivity index (χ3n) is 4.28. The normalized spacial score (nSPS) is 12.2. The number of benzene rings is 1. The number of nitrogens with zero attached hydrogens (tertiary/aromatic N) is 1. The summed E-state index contributed by atoms with van der Waals surface area (Å²) >= 11 is 0. The zero-order valence-corrected chi connectivity index (χ0v) is 14.3. The lowest BCUT2D eigenvalue weighted by molar-refractivity contribution is -0.122. The van der Waals surface area contributed by atoms with Gasteiger partial charge >= 0.3 is 0 Å². The number of fused-ring (bicyclic) bond motifs is 1. The number of aryl methyl sites for hydroxylation is 1. The number of carbonyl (C=O) groups is 1. The van der Waals surface area contributed by atoms with Crippen LogP contribution >= 0.6 is 0 Å². The van der Waals surface area contributed by atoms with Crippen molar-refractivity contribution in [1.82, 2.24) is 19.9 Å². The molecule has 0 spiro atoms. The average Bonchev–Trinajstić information content (AvgIpc) is 3.00. The van der Waals surface area contributed by atoms with Gasteiger partial charge in [-0.15, -0.1) is 0 Å². The van der Waals surface area contributed by atoms with Crippen molar-refractivity contribution in [2.45, 2.75) is 25.8 Å². The average molecular weight is 356 g/mol. The first-order valence-corrected chi connectivity index (χ1v) is 8.28. The van der Waals surface area contributed by atoms with Crippen LogP contribution in [-0.4, -0.2) is 32.2 Å². The summed E-state index contributed by atoms with van der Waals surface area (Å²) in [6.07, 6.45) is 0.306. The smallest absolute Gasteiger partial charge is 0.276 e. The molecule has 3 rings (SSSR count). The van der Waals surface area contributed by atoms with Crippen LogP contribution in [0.4, 0.5) is 0 Å². The van der Waals surface area contributed by atoms with Crippen molar-refractivity contribution in [3.8, 4) is 0 Å². The van der Waals surface area contributed by atoms with Crippen molar-refractivity contribution in [2.75, 3.05) is 6.61 Å². The fourth-order valence-corrected chi connectivity index (χ4v) is 2.93. The van der Waals surface area contributed by atoms with Gasteiger partial charge in [0.25, 0.3) is 11.1 Å². The number of aliphatic hydroxyl groups excluding tert-OH is 1. The van der Waals surface area contributed by atoms with Crippen LogP contribution in [0.25, 0.3) is 5.65 Å². The van der Waals surface area contributed by atoms with Crippen molar-refractivity contribution in [3.05, 3.63) is 73.9 Å². The van der Waals surface area contributed by atoms with Gasteiger partial charge in [-0.1, -0.05) is 30.3 Å². The lowest BCUT2D eigenvalue weighted by Crippen LogP contribution is -2.31. The second-order valence-electron chi connectivity index (χ2n) is 6.09. The zero-order valence-electron chi connectivity index (χ0n) is 14.3. The van der Waals surface area contributed by atoms with E-state index in [1.54, 1.807) is 6.92 Å². The second-order valence-corrected chi connectivity index (χ2v) is 6.09. The molecule has 0 saturated heterocycles. The van der Waals surface area contributed by atoms with Crippen LogP contribution < -0.4 is 16.4 Å². The lowest BCUT2D eigenvalue weighted by atomic mass is 10.1. The highest BCUT2D eigenvalue weighted by molar-refractivity contribution is 5.76. The Labute approximate surface area is 148 Å². The molecule has 0 saturated carbocycles. The molecule has 0 radical (unpaired) electrons. The van der Waals surface area contributed by atoms with Crippen LogP contribution in [0, 0.1) is 6.92 Å². The molecule has 1 atom stereocenters. The highest BCUT2D eigenvalue weighted by atomic mass is 16.3. The summed E-state index contributed by atoms with van der Waals surface area (Å²) in [6, 6.07) is 9.98. The van der Waals surface area contributed by atoms with Crippen molar-refractivity contribution in [2.24, 2.45) is 0 Å². The van der Waals surface area contributed by atoms with Gasteiger partial charge in [0.05, 0.1) is 12.6 Å². The Morgan fingerprint density at radius 3 is 2.69 bits per heavy atom. The molecule has 1 aromatic carbocycles. The Balaban J connectivity index is 1.72. The molecule has 0 bridgehead atoms. The molecule has 8 nitrogen and oxygen atoms in total. The molecule has 1 unspecified atom stereocenters. The highest BCUT2D eigenvalue weighted by Crippen LogP contribution is 2.12. The molecule has 0 aliphatic heterocycles. The number of aromatic amines is 2. The Kier molecular flexibility index (Phi) is 5.04. The summed E-state index contributed by atoms with van der Waals surface area (Å²) < 4.78 is 1.14. The number of aliphatic hydroxyl groups is 1. The standard InChI is InChI=1S/C18H20N4O4/c1-11-13(18(26)22-15(19-11)9-17(25)21-22)7-8-16(24)20-14(10-23)12-5-3-2-4-6-12/h2-6,9,14,19,23H,7-8,10H2,1H3,(H,20,24)(H,21,25). The van der Waals surface area contributed by atoms with E-state index in [0.29, 0.717) is 16.9 Å². The molecule has 0 fully saturated rings. The second kappa shape index (κ2) is 7.40. The summed E-state index contributed by atoms with van der Waals surface area (Å²) in [7, 11) is 0. The van der Waals surface area contributed by atoms with E-state index in [1.165, 1.54) is 6.07 Å². The third kappa shape index (κ3) is 3.60. The van der Waals surface area contributed by atoms with Crippen LogP contribution in [0.3, 0.4) is 0 Å². The van der Waals surface area contributed by atoms with Gasteiger partial charge in [-0.25, -0.2) is 4.52 Å². The van der Waals surface area contributed by atoms with Gasteiger partial charge in [0.15, 0.2) is 0 Å². The van der Waals surface area contributed by atoms with E-state index in [4.69, 9.17) is 0 Å². The summed E-state index contributed by atoms with van der Waals surface area (Å²) in [6.45, 7) is 1.51. The van der Waals surface area contributed by atoms with Gasteiger partial charge in [-0.05, 0) is 18.9 Å². The number of carbonyl (C=O) groups excluding carboxylic acids is 1. The Morgan fingerprint density at radius 1 is 1.27 bits per heavy atom. The fourth-order valence-electron chi connectivity index (χ4n) is 2.93. The van der Waals surface area contributed by atoms with E-state index in [-0.39, 0.29) is 36.5 Å². The largest absolute Gasteiger partial charge is 0.394 e. The topological polar surface area (TPSA) is 119 Å². The van der Waals surface area contributed by atoms with Crippen molar-refractivity contribution >= 4 is 11.6 Å². The molecule has 4 N–H and O–H groups in total. The SMILES string of the molecule is Cc1[nH]c2cc(=O)[nH]n2c(=O)c1CCC(=O)NC(CO)c1ccccc1. The molecule has 8 heteroatoms. The number of nitrogens with one attached hydrogen (secondary N) is 3. The van der Waals surface area contributed by atoms with Gasteiger partial charge < -0.3 is 15.4 Å². The fraction of sp³-hybridized carbons (Fsp3) is 0.278. The molecule has 26 heavy (non-hydrogen) atoms. The van der Waals surface area contributed by atoms with Gasteiger partial charge in [0.2, 0.25) is 5.91 Å². The van der Waals surface area contributed by atoms with Crippen molar-refractivity contribution < 1.29 is 9.90 Å². The summed E-state index contributed by atoms with van der Waals surface area (Å²) in [4.78, 5) is 39.1. The number of H-pyrrole nitrogens is 2. The van der Waals surface area contributed by atoms with Crippen LogP contribution in [0.5, 0.6) is 0 Å². The number of rotatable bonds is 6. The highest BCUT2D eigenvalue weighted by Gasteiger charge is 2.16. The van der Waals surface area contributed by atoms with Gasteiger partial charge in [-0.2, -0.15) is 0 Å². The first-order chi connectivity index (χ1) is 12.5. The van der Waals surface area contributed by atoms with Crippen LogP contribution in [0.2, 0.25) is 0 Å². The van der Waals surface area contributed by atoms with E-state index in [9.17, 15) is 19.5 Å². The number of hydrogen-bond donors (Lipinski definition) is 4. The van der Waals surface area contributed by atoms with E-state index in [1.807, 2.05) is 30.3 Å². The summed E-state index contributed by atoms with van der Waals surface area (Å²) in [5.74, 6) is -0.271. The lowest BCUT2D eigenvalue weighted by Gasteiger charge is -2.16. The molecule has 136 valence electrons.